The summed E-state index contributed by atoms with van der Waals surface area (Å²) in [6, 6.07) is 5.51. The molecule has 3 heteroatoms. The van der Waals surface area contributed by atoms with Crippen LogP contribution in [0.2, 0.25) is 0 Å². The van der Waals surface area contributed by atoms with Gasteiger partial charge in [-0.3, -0.25) is 0 Å². The van der Waals surface area contributed by atoms with Gasteiger partial charge in [-0.2, -0.15) is 0 Å². The van der Waals surface area contributed by atoms with Crippen LogP contribution in [-0.2, 0) is 10.2 Å². The number of benzene rings is 1. The molecule has 0 aliphatic heterocycles. The first-order valence-corrected chi connectivity index (χ1v) is 5.17. The van der Waals surface area contributed by atoms with Crippen molar-refractivity contribution in [3.8, 4) is 5.75 Å². The summed E-state index contributed by atoms with van der Waals surface area (Å²) >= 11 is 0. The highest BCUT2D eigenvalue weighted by Gasteiger charge is 2.23. The second-order valence-electron chi connectivity index (χ2n) is 4.63. The highest BCUT2D eigenvalue weighted by molar-refractivity contribution is 5.93. The molecule has 0 spiro atoms. The van der Waals surface area contributed by atoms with Crippen LogP contribution in [0.15, 0.2) is 18.2 Å². The molecule has 0 fully saturated rings. The maximum atomic E-state index is 11.6. The van der Waals surface area contributed by atoms with Gasteiger partial charge in [-0.25, -0.2) is 4.79 Å². The Labute approximate surface area is 96.4 Å². The van der Waals surface area contributed by atoms with Crippen molar-refractivity contribution in [3.05, 3.63) is 29.3 Å². The minimum Gasteiger partial charge on any atom is -0.496 e. The van der Waals surface area contributed by atoms with E-state index in [1.165, 1.54) is 7.11 Å². The zero-order valence-electron chi connectivity index (χ0n) is 10.5. The van der Waals surface area contributed by atoms with Crippen molar-refractivity contribution < 1.29 is 14.3 Å². The third-order valence-electron chi connectivity index (χ3n) is 2.43. The Hall–Kier alpha value is -1.51. The number of carbonyl (C=O) groups is 1. The lowest BCUT2D eigenvalue weighted by atomic mass is 9.85. The van der Waals surface area contributed by atoms with Crippen LogP contribution in [0, 0.1) is 0 Å². The normalized spacial score (nSPS) is 11.1. The number of hydrogen-bond donors (Lipinski definition) is 0. The van der Waals surface area contributed by atoms with Gasteiger partial charge in [0.05, 0.1) is 14.2 Å². The average Bonchev–Trinajstić information content (AvgIpc) is 2.25. The summed E-state index contributed by atoms with van der Waals surface area (Å²) in [5.74, 6) is 0.227. The van der Waals surface area contributed by atoms with Crippen molar-refractivity contribution in [1.29, 1.82) is 0 Å². The summed E-state index contributed by atoms with van der Waals surface area (Å²) in [6.45, 7) is 6.23. The maximum absolute atomic E-state index is 11.6. The molecule has 0 amide bonds. The van der Waals surface area contributed by atoms with Crippen molar-refractivity contribution in [2.75, 3.05) is 14.2 Å². The Morgan fingerprint density at radius 2 is 1.81 bits per heavy atom. The molecule has 0 unspecified atom stereocenters. The van der Waals surface area contributed by atoms with Gasteiger partial charge in [0.1, 0.15) is 11.3 Å². The van der Waals surface area contributed by atoms with Crippen LogP contribution in [0.5, 0.6) is 5.75 Å². The van der Waals surface area contributed by atoms with Crippen molar-refractivity contribution in [2.24, 2.45) is 0 Å². The Balaban J connectivity index is 3.38. The molecule has 1 rings (SSSR count). The molecule has 0 saturated heterocycles. The summed E-state index contributed by atoms with van der Waals surface area (Å²) in [4.78, 5) is 11.6. The van der Waals surface area contributed by atoms with E-state index in [1.807, 2.05) is 12.1 Å². The van der Waals surface area contributed by atoms with Gasteiger partial charge in [0.2, 0.25) is 0 Å². The fourth-order valence-electron chi connectivity index (χ4n) is 1.62. The minimum atomic E-state index is -0.372. The fraction of sp³-hybridized carbons (Fsp3) is 0.462. The van der Waals surface area contributed by atoms with E-state index in [0.29, 0.717) is 11.3 Å². The van der Waals surface area contributed by atoms with E-state index < -0.39 is 0 Å². The molecule has 0 atom stereocenters. The molecule has 0 bridgehead atoms. The minimum absolute atomic E-state index is 0.0740. The van der Waals surface area contributed by atoms with Crippen LogP contribution < -0.4 is 4.74 Å². The number of esters is 1. The SMILES string of the molecule is COC(=O)c1cccc(C(C)(C)C)c1OC. The van der Waals surface area contributed by atoms with Crippen LogP contribution >= 0.6 is 0 Å². The number of methoxy groups -OCH3 is 2. The quantitative estimate of drug-likeness (QED) is 0.722. The Morgan fingerprint density at radius 3 is 2.25 bits per heavy atom. The van der Waals surface area contributed by atoms with E-state index in [-0.39, 0.29) is 11.4 Å². The zero-order valence-corrected chi connectivity index (χ0v) is 10.5. The smallest absolute Gasteiger partial charge is 0.341 e. The van der Waals surface area contributed by atoms with E-state index in [2.05, 4.69) is 20.8 Å². The molecule has 0 saturated carbocycles. The third-order valence-corrected chi connectivity index (χ3v) is 2.43. The summed E-state index contributed by atoms with van der Waals surface area (Å²) in [5, 5.41) is 0. The van der Waals surface area contributed by atoms with Gasteiger partial charge in [0.15, 0.2) is 0 Å². The fourth-order valence-corrected chi connectivity index (χ4v) is 1.62. The van der Waals surface area contributed by atoms with E-state index in [9.17, 15) is 4.79 Å². The zero-order chi connectivity index (χ0) is 12.3. The number of para-hydroxylation sites is 1. The second kappa shape index (κ2) is 4.56. The van der Waals surface area contributed by atoms with Gasteiger partial charge >= 0.3 is 5.97 Å². The molecule has 0 aliphatic rings. The molecule has 0 radical (unpaired) electrons. The van der Waals surface area contributed by atoms with Crippen molar-refractivity contribution in [1.82, 2.24) is 0 Å². The number of rotatable bonds is 2. The van der Waals surface area contributed by atoms with Gasteiger partial charge in [-0.05, 0) is 11.5 Å². The maximum Gasteiger partial charge on any atom is 0.341 e. The first kappa shape index (κ1) is 12.6. The molecule has 1 aromatic carbocycles. The van der Waals surface area contributed by atoms with E-state index >= 15 is 0 Å². The monoisotopic (exact) mass is 222 g/mol. The standard InChI is InChI=1S/C13H18O3/c1-13(2,3)10-8-6-7-9(11(10)15-4)12(14)16-5/h6-8H,1-5H3. The number of hydrogen-bond acceptors (Lipinski definition) is 3. The number of ether oxygens (including phenoxy) is 2. The van der Waals surface area contributed by atoms with Gasteiger partial charge in [0, 0.05) is 5.56 Å². The lowest BCUT2D eigenvalue weighted by Gasteiger charge is -2.23. The topological polar surface area (TPSA) is 35.5 Å². The largest absolute Gasteiger partial charge is 0.496 e. The Kier molecular flexibility index (Phi) is 3.58. The van der Waals surface area contributed by atoms with Crippen molar-refractivity contribution in [2.45, 2.75) is 26.2 Å². The van der Waals surface area contributed by atoms with Gasteiger partial charge < -0.3 is 9.47 Å². The van der Waals surface area contributed by atoms with Crippen LogP contribution in [-0.4, -0.2) is 20.2 Å². The van der Waals surface area contributed by atoms with E-state index in [4.69, 9.17) is 9.47 Å². The summed E-state index contributed by atoms with van der Waals surface area (Å²) in [7, 11) is 2.93. The molecule has 0 heterocycles. The third kappa shape index (κ3) is 2.35. The molecule has 0 N–H and O–H groups in total. The lowest BCUT2D eigenvalue weighted by Crippen LogP contribution is -2.15. The molecule has 1 aromatic rings. The van der Waals surface area contributed by atoms with Gasteiger partial charge in [-0.1, -0.05) is 32.9 Å². The molecular formula is C13H18O3. The molecule has 3 nitrogen and oxygen atoms in total. The first-order valence-electron chi connectivity index (χ1n) is 5.17. The predicted octanol–water partition coefficient (Wildman–Crippen LogP) is 2.78. The summed E-state index contributed by atoms with van der Waals surface area (Å²) < 4.78 is 10.1. The van der Waals surface area contributed by atoms with Crippen LogP contribution in [0.4, 0.5) is 0 Å². The molecule has 16 heavy (non-hydrogen) atoms. The van der Waals surface area contributed by atoms with E-state index in [0.717, 1.165) is 5.56 Å². The van der Waals surface area contributed by atoms with Gasteiger partial charge in [-0.15, -0.1) is 0 Å². The Bertz CT molecular complexity index is 389. The highest BCUT2D eigenvalue weighted by Crippen LogP contribution is 2.34. The first-order chi connectivity index (χ1) is 7.41. The summed E-state index contributed by atoms with van der Waals surface area (Å²) in [5.41, 5.74) is 1.39. The molecule has 0 aromatic heterocycles. The van der Waals surface area contributed by atoms with Crippen molar-refractivity contribution in [3.63, 3.8) is 0 Å². The number of carbonyl (C=O) groups excluding carboxylic acids is 1. The van der Waals surface area contributed by atoms with Crippen LogP contribution in [0.1, 0.15) is 36.7 Å². The average molecular weight is 222 g/mol. The highest BCUT2D eigenvalue weighted by atomic mass is 16.5. The van der Waals surface area contributed by atoms with E-state index in [1.54, 1.807) is 13.2 Å². The van der Waals surface area contributed by atoms with Crippen LogP contribution in [0.3, 0.4) is 0 Å². The van der Waals surface area contributed by atoms with Gasteiger partial charge in [0.25, 0.3) is 0 Å². The van der Waals surface area contributed by atoms with Crippen molar-refractivity contribution >= 4 is 5.97 Å². The second-order valence-corrected chi connectivity index (χ2v) is 4.63. The Morgan fingerprint density at radius 1 is 1.19 bits per heavy atom. The lowest BCUT2D eigenvalue weighted by molar-refractivity contribution is 0.0597. The summed E-state index contributed by atoms with van der Waals surface area (Å²) in [6.07, 6.45) is 0. The van der Waals surface area contributed by atoms with Crippen LogP contribution in [0.25, 0.3) is 0 Å². The predicted molar refractivity (Wildman–Crippen MR) is 63.0 cm³/mol. The molecular weight excluding hydrogens is 204 g/mol. The molecule has 88 valence electrons. The molecule has 0 aliphatic carbocycles.